The molecule has 2 aromatic carbocycles. The van der Waals surface area contributed by atoms with Crippen LogP contribution in [0.5, 0.6) is 11.5 Å². The van der Waals surface area contributed by atoms with E-state index in [9.17, 15) is 13.2 Å². The number of anilines is 2. The third-order valence-electron chi connectivity index (χ3n) is 4.33. The highest BCUT2D eigenvalue weighted by Gasteiger charge is 2.42. The fourth-order valence-corrected chi connectivity index (χ4v) is 4.47. The second-order valence-corrected chi connectivity index (χ2v) is 8.54. The molecule has 1 amide bonds. The smallest absolute Gasteiger partial charge is 0.250 e. The van der Waals surface area contributed by atoms with Crippen LogP contribution in [-0.2, 0) is 14.8 Å². The Hall–Kier alpha value is -2.53. The molecule has 2 aromatic rings. The Kier molecular flexibility index (Phi) is 6.48. The fourth-order valence-electron chi connectivity index (χ4n) is 2.86. The zero-order valence-corrected chi connectivity index (χ0v) is 17.3. The molecule has 0 aliphatic carbocycles. The van der Waals surface area contributed by atoms with Gasteiger partial charge in [-0.15, -0.1) is 0 Å². The number of methoxy groups -OCH3 is 2. The van der Waals surface area contributed by atoms with Crippen LogP contribution >= 0.6 is 11.6 Å². The summed E-state index contributed by atoms with van der Waals surface area (Å²) in [7, 11) is -0.922. The number of ether oxygens (including phenoxy) is 2. The normalized spacial score (nSPS) is 18.9. The predicted molar refractivity (Wildman–Crippen MR) is 111 cm³/mol. The van der Waals surface area contributed by atoms with Crippen molar-refractivity contribution in [3.63, 3.8) is 0 Å². The molecule has 1 saturated heterocycles. The average molecular weight is 441 g/mol. The molecule has 2 unspecified atom stereocenters. The zero-order valence-electron chi connectivity index (χ0n) is 15.7. The van der Waals surface area contributed by atoms with Crippen LogP contribution < -0.4 is 30.4 Å². The standard InChI is InChI=1S/C18H21ClN4O5S/c1-27-14-7-13(8-15(9-14)28-2)21-17(24)16-10-20-22-18(16)29(25,26)23-12-5-3-11(19)4-6-12/h3-9,16,18,20,22-23H,10H2,1-2H3,(H,21,24). The molecule has 1 fully saturated rings. The summed E-state index contributed by atoms with van der Waals surface area (Å²) < 4.78 is 38.4. The van der Waals surface area contributed by atoms with Gasteiger partial charge in [-0.3, -0.25) is 14.9 Å². The second-order valence-electron chi connectivity index (χ2n) is 6.30. The molecule has 0 saturated carbocycles. The van der Waals surface area contributed by atoms with Crippen molar-refractivity contribution in [1.29, 1.82) is 0 Å². The molecule has 0 spiro atoms. The lowest BCUT2D eigenvalue weighted by molar-refractivity contribution is -0.119. The number of sulfonamides is 1. The van der Waals surface area contributed by atoms with Crippen LogP contribution in [0.25, 0.3) is 0 Å². The fraction of sp³-hybridized carbons (Fsp3) is 0.278. The van der Waals surface area contributed by atoms with Crippen molar-refractivity contribution in [3.05, 3.63) is 47.5 Å². The largest absolute Gasteiger partial charge is 0.497 e. The highest BCUT2D eigenvalue weighted by Crippen LogP contribution is 2.27. The van der Waals surface area contributed by atoms with Gasteiger partial charge in [-0.05, 0) is 24.3 Å². The molecular weight excluding hydrogens is 420 g/mol. The molecule has 1 heterocycles. The minimum Gasteiger partial charge on any atom is -0.497 e. The average Bonchev–Trinajstić information content (AvgIpc) is 3.20. The third kappa shape index (κ3) is 5.10. The van der Waals surface area contributed by atoms with Crippen LogP contribution in [0.3, 0.4) is 0 Å². The molecule has 1 aliphatic heterocycles. The van der Waals surface area contributed by atoms with Crippen molar-refractivity contribution in [2.45, 2.75) is 5.37 Å². The molecule has 11 heteroatoms. The van der Waals surface area contributed by atoms with Crippen LogP contribution in [0.15, 0.2) is 42.5 Å². The van der Waals surface area contributed by atoms with E-state index in [1.165, 1.54) is 14.2 Å². The summed E-state index contributed by atoms with van der Waals surface area (Å²) in [5, 5.41) is 2.03. The molecule has 3 rings (SSSR count). The number of halogens is 1. The van der Waals surface area contributed by atoms with Gasteiger partial charge < -0.3 is 14.8 Å². The van der Waals surface area contributed by atoms with E-state index in [0.717, 1.165) is 0 Å². The molecule has 4 N–H and O–H groups in total. The Balaban J connectivity index is 1.76. The molecule has 29 heavy (non-hydrogen) atoms. The number of hydrogen-bond donors (Lipinski definition) is 4. The van der Waals surface area contributed by atoms with Gasteiger partial charge in [0.1, 0.15) is 11.5 Å². The summed E-state index contributed by atoms with van der Waals surface area (Å²) in [5.74, 6) is -0.354. The Morgan fingerprint density at radius 3 is 2.28 bits per heavy atom. The van der Waals surface area contributed by atoms with Crippen molar-refractivity contribution < 1.29 is 22.7 Å². The molecule has 0 bridgehead atoms. The summed E-state index contributed by atoms with van der Waals surface area (Å²) in [6.45, 7) is 0.138. The molecule has 9 nitrogen and oxygen atoms in total. The summed E-state index contributed by atoms with van der Waals surface area (Å²) in [4.78, 5) is 12.8. The highest BCUT2D eigenvalue weighted by molar-refractivity contribution is 7.93. The van der Waals surface area contributed by atoms with Crippen LogP contribution in [0, 0.1) is 5.92 Å². The predicted octanol–water partition coefficient (Wildman–Crippen LogP) is 1.79. The summed E-state index contributed by atoms with van der Waals surface area (Å²) >= 11 is 5.82. The number of hydrogen-bond acceptors (Lipinski definition) is 7. The number of hydrazine groups is 1. The minimum atomic E-state index is -3.91. The van der Waals surface area contributed by atoms with Crippen LogP contribution in [0.2, 0.25) is 5.02 Å². The van der Waals surface area contributed by atoms with Gasteiger partial charge in [0.05, 0.1) is 20.1 Å². The Labute approximate surface area is 173 Å². The van der Waals surface area contributed by atoms with E-state index < -0.39 is 27.2 Å². The maximum Gasteiger partial charge on any atom is 0.250 e. The first-order chi connectivity index (χ1) is 13.8. The lowest BCUT2D eigenvalue weighted by atomic mass is 10.1. The Bertz CT molecular complexity index is 962. The minimum absolute atomic E-state index is 0.138. The number of rotatable bonds is 7. The van der Waals surface area contributed by atoms with Gasteiger partial charge in [0, 0.05) is 41.1 Å². The maximum absolute atomic E-state index is 12.8. The van der Waals surface area contributed by atoms with Gasteiger partial charge in [0.15, 0.2) is 5.37 Å². The highest BCUT2D eigenvalue weighted by atomic mass is 35.5. The van der Waals surface area contributed by atoms with Crippen molar-refractivity contribution in [3.8, 4) is 11.5 Å². The monoisotopic (exact) mass is 440 g/mol. The van der Waals surface area contributed by atoms with Gasteiger partial charge >= 0.3 is 0 Å². The number of carbonyl (C=O) groups excluding carboxylic acids is 1. The maximum atomic E-state index is 12.8. The van der Waals surface area contributed by atoms with E-state index in [1.807, 2.05) is 0 Å². The van der Waals surface area contributed by atoms with Crippen molar-refractivity contribution in [2.75, 3.05) is 30.8 Å². The summed E-state index contributed by atoms with van der Waals surface area (Å²) in [6, 6.07) is 11.1. The Morgan fingerprint density at radius 1 is 1.07 bits per heavy atom. The molecule has 0 aromatic heterocycles. The third-order valence-corrected chi connectivity index (χ3v) is 6.21. The SMILES string of the molecule is COc1cc(NC(=O)C2CNNC2S(=O)(=O)Nc2ccc(Cl)cc2)cc(OC)c1. The zero-order chi connectivity index (χ0) is 21.0. The molecule has 2 atom stereocenters. The van der Waals surface area contributed by atoms with Crippen molar-refractivity contribution in [1.82, 2.24) is 10.9 Å². The molecule has 0 radical (unpaired) electrons. The van der Waals surface area contributed by atoms with E-state index in [1.54, 1.807) is 42.5 Å². The number of amides is 1. The van der Waals surface area contributed by atoms with Crippen molar-refractivity contribution in [2.24, 2.45) is 5.92 Å². The first-order valence-electron chi connectivity index (χ1n) is 8.62. The van der Waals surface area contributed by atoms with E-state index in [-0.39, 0.29) is 6.54 Å². The van der Waals surface area contributed by atoms with Gasteiger partial charge in [0.25, 0.3) is 10.0 Å². The van der Waals surface area contributed by atoms with E-state index in [4.69, 9.17) is 21.1 Å². The van der Waals surface area contributed by atoms with E-state index >= 15 is 0 Å². The summed E-state index contributed by atoms with van der Waals surface area (Å²) in [5.41, 5.74) is 6.17. The first-order valence-corrected chi connectivity index (χ1v) is 10.5. The summed E-state index contributed by atoms with van der Waals surface area (Å²) in [6.07, 6.45) is 0. The number of nitrogens with one attached hydrogen (secondary N) is 4. The van der Waals surface area contributed by atoms with E-state index in [0.29, 0.717) is 27.9 Å². The molecule has 156 valence electrons. The first kappa shape index (κ1) is 21.2. The topological polar surface area (TPSA) is 118 Å². The van der Waals surface area contributed by atoms with Crippen LogP contribution in [0.4, 0.5) is 11.4 Å². The second kappa shape index (κ2) is 8.87. The van der Waals surface area contributed by atoms with Crippen LogP contribution in [-0.4, -0.2) is 40.5 Å². The van der Waals surface area contributed by atoms with Gasteiger partial charge in [-0.2, -0.15) is 0 Å². The number of benzene rings is 2. The quantitative estimate of drug-likeness (QED) is 0.518. The lowest BCUT2D eigenvalue weighted by Crippen LogP contribution is -2.45. The van der Waals surface area contributed by atoms with Crippen LogP contribution in [0.1, 0.15) is 0 Å². The van der Waals surface area contributed by atoms with Gasteiger partial charge in [-0.1, -0.05) is 11.6 Å². The van der Waals surface area contributed by atoms with Gasteiger partial charge in [0.2, 0.25) is 5.91 Å². The van der Waals surface area contributed by atoms with Gasteiger partial charge in [-0.25, -0.2) is 13.8 Å². The van der Waals surface area contributed by atoms with E-state index in [2.05, 4.69) is 20.9 Å². The molecular formula is C18H21ClN4O5S. The lowest BCUT2D eigenvalue weighted by Gasteiger charge is -2.20. The Morgan fingerprint density at radius 2 is 1.69 bits per heavy atom. The number of carbonyl (C=O) groups is 1. The van der Waals surface area contributed by atoms with Crippen molar-refractivity contribution >= 4 is 38.9 Å². The molecule has 1 aliphatic rings.